The van der Waals surface area contributed by atoms with E-state index in [4.69, 9.17) is 16.0 Å². The lowest BCUT2D eigenvalue weighted by atomic mass is 10.00. The molecule has 0 aromatic carbocycles. The Morgan fingerprint density at radius 3 is 2.91 bits per heavy atom. The summed E-state index contributed by atoms with van der Waals surface area (Å²) < 4.78 is 6.63. The number of hydrogen-bond donors (Lipinski definition) is 1. The van der Waals surface area contributed by atoms with E-state index >= 15 is 0 Å². The molecule has 0 radical (unpaired) electrons. The fourth-order valence-electron chi connectivity index (χ4n) is 2.54. The van der Waals surface area contributed by atoms with Gasteiger partial charge in [0.25, 0.3) is 5.91 Å². The lowest BCUT2D eigenvalue weighted by Crippen LogP contribution is -2.34. The molecule has 2 aromatic rings. The van der Waals surface area contributed by atoms with Crippen LogP contribution in [-0.2, 0) is 5.60 Å². The van der Waals surface area contributed by atoms with E-state index in [1.807, 2.05) is 13.8 Å². The number of hydrogen-bond acceptors (Lipinski definition) is 5. The van der Waals surface area contributed by atoms with Gasteiger partial charge in [0.1, 0.15) is 11.3 Å². The van der Waals surface area contributed by atoms with E-state index in [-0.39, 0.29) is 23.7 Å². The summed E-state index contributed by atoms with van der Waals surface area (Å²) in [5.41, 5.74) is -0.398. The summed E-state index contributed by atoms with van der Waals surface area (Å²) in [4.78, 5) is 13.9. The Bertz CT molecular complexity index is 696. The van der Waals surface area contributed by atoms with Crippen LogP contribution >= 0.6 is 11.6 Å². The van der Waals surface area contributed by atoms with Crippen LogP contribution in [0, 0.1) is 0 Å². The third-order valence-electron chi connectivity index (χ3n) is 3.90. The van der Waals surface area contributed by atoms with Crippen molar-refractivity contribution in [3.63, 3.8) is 0 Å². The zero-order valence-electron chi connectivity index (χ0n) is 12.4. The average molecular weight is 325 g/mol. The van der Waals surface area contributed by atoms with Gasteiger partial charge in [-0.25, -0.2) is 4.68 Å². The minimum Gasteiger partial charge on any atom is -0.452 e. The lowest BCUT2D eigenvalue weighted by Gasteiger charge is -2.20. The number of carbonyl (C=O) groups excluding carboxylic acids is 1. The van der Waals surface area contributed by atoms with Crippen LogP contribution in [-0.4, -0.2) is 44.0 Å². The first kappa shape index (κ1) is 15.1. The third kappa shape index (κ3) is 2.50. The molecule has 3 heterocycles. The van der Waals surface area contributed by atoms with Crippen molar-refractivity contribution in [1.29, 1.82) is 0 Å². The maximum absolute atomic E-state index is 12.4. The first-order chi connectivity index (χ1) is 10.4. The van der Waals surface area contributed by atoms with Crippen LogP contribution < -0.4 is 0 Å². The third-order valence-corrected chi connectivity index (χ3v) is 4.19. The van der Waals surface area contributed by atoms with Gasteiger partial charge in [0, 0.05) is 19.0 Å². The second kappa shape index (κ2) is 5.40. The van der Waals surface area contributed by atoms with Crippen LogP contribution in [0.25, 0.3) is 0 Å². The molecular formula is C14H17ClN4O3. The maximum atomic E-state index is 12.4. The molecule has 1 amide bonds. The van der Waals surface area contributed by atoms with Crippen LogP contribution in [0.1, 0.15) is 42.4 Å². The number of carbonyl (C=O) groups is 1. The highest BCUT2D eigenvalue weighted by Gasteiger charge is 2.42. The summed E-state index contributed by atoms with van der Waals surface area (Å²) >= 11 is 5.84. The Morgan fingerprint density at radius 1 is 1.55 bits per heavy atom. The number of amides is 1. The van der Waals surface area contributed by atoms with Crippen molar-refractivity contribution in [3.8, 4) is 0 Å². The molecular weight excluding hydrogens is 308 g/mol. The Labute approximate surface area is 132 Å². The van der Waals surface area contributed by atoms with Crippen LogP contribution in [0.4, 0.5) is 0 Å². The molecule has 3 rings (SSSR count). The highest BCUT2D eigenvalue weighted by molar-refractivity contribution is 6.32. The van der Waals surface area contributed by atoms with Gasteiger partial charge in [-0.1, -0.05) is 5.21 Å². The molecule has 1 fully saturated rings. The summed E-state index contributed by atoms with van der Waals surface area (Å²) in [5.74, 6) is -0.258. The van der Waals surface area contributed by atoms with Crippen molar-refractivity contribution in [3.05, 3.63) is 35.0 Å². The van der Waals surface area contributed by atoms with Gasteiger partial charge < -0.3 is 14.4 Å². The molecule has 0 aliphatic carbocycles. The van der Waals surface area contributed by atoms with Crippen LogP contribution in [0.2, 0.25) is 5.22 Å². The molecule has 0 spiro atoms. The van der Waals surface area contributed by atoms with E-state index in [9.17, 15) is 9.90 Å². The van der Waals surface area contributed by atoms with E-state index in [0.717, 1.165) is 0 Å². The summed E-state index contributed by atoms with van der Waals surface area (Å²) in [5, 5.41) is 18.9. The first-order valence-corrected chi connectivity index (χ1v) is 7.45. The first-order valence-electron chi connectivity index (χ1n) is 7.08. The SMILES string of the molecule is CC(C)n1cc(C2(O)CCN(C(=O)c3ccoc3Cl)C2)nn1. The predicted octanol–water partition coefficient (Wildman–Crippen LogP) is 1.84. The van der Waals surface area contributed by atoms with Gasteiger partial charge in [0.05, 0.1) is 24.6 Å². The van der Waals surface area contributed by atoms with Crippen LogP contribution in [0.15, 0.2) is 22.9 Å². The van der Waals surface area contributed by atoms with E-state index in [1.165, 1.54) is 12.3 Å². The van der Waals surface area contributed by atoms with Gasteiger partial charge in [-0.05, 0) is 31.5 Å². The fourth-order valence-corrected chi connectivity index (χ4v) is 2.73. The zero-order chi connectivity index (χ0) is 15.9. The lowest BCUT2D eigenvalue weighted by molar-refractivity contribution is 0.0381. The van der Waals surface area contributed by atoms with Crippen molar-refractivity contribution >= 4 is 17.5 Å². The van der Waals surface area contributed by atoms with E-state index in [0.29, 0.717) is 24.2 Å². The van der Waals surface area contributed by atoms with Crippen LogP contribution in [0.3, 0.4) is 0 Å². The number of aliphatic hydroxyl groups is 1. The second-order valence-corrected chi connectivity index (χ2v) is 6.14. The molecule has 1 aliphatic rings. The van der Waals surface area contributed by atoms with Gasteiger partial charge in [-0.2, -0.15) is 0 Å². The summed E-state index contributed by atoms with van der Waals surface area (Å²) in [6.07, 6.45) is 3.50. The van der Waals surface area contributed by atoms with Crippen molar-refractivity contribution in [2.75, 3.05) is 13.1 Å². The van der Waals surface area contributed by atoms with Crippen molar-refractivity contribution < 1.29 is 14.3 Å². The standard InChI is InChI=1S/C14H17ClN4O3/c1-9(2)19-7-11(16-17-19)14(21)4-5-18(8-14)13(20)10-3-6-22-12(10)15/h3,6-7,9,21H,4-5,8H2,1-2H3. The Morgan fingerprint density at radius 2 is 2.32 bits per heavy atom. The molecule has 2 aromatic heterocycles. The number of rotatable bonds is 3. The summed E-state index contributed by atoms with van der Waals surface area (Å²) in [7, 11) is 0. The number of β-amino-alcohol motifs (C(OH)–C–C–N with tert-alkyl or cyclic N) is 1. The Hall–Kier alpha value is -1.86. The fraction of sp³-hybridized carbons (Fsp3) is 0.500. The highest BCUT2D eigenvalue weighted by atomic mass is 35.5. The number of aromatic nitrogens is 3. The number of likely N-dealkylation sites (tertiary alicyclic amines) is 1. The minimum absolute atomic E-state index is 0.0613. The highest BCUT2D eigenvalue weighted by Crippen LogP contribution is 2.32. The molecule has 1 N–H and O–H groups in total. The average Bonchev–Trinajstić information content (AvgIpc) is 3.17. The van der Waals surface area contributed by atoms with E-state index < -0.39 is 5.60 Å². The molecule has 22 heavy (non-hydrogen) atoms. The summed E-state index contributed by atoms with van der Waals surface area (Å²) in [6.45, 7) is 4.54. The molecule has 7 nitrogen and oxygen atoms in total. The van der Waals surface area contributed by atoms with Gasteiger partial charge in [-0.3, -0.25) is 4.79 Å². The number of furan rings is 1. The predicted molar refractivity (Wildman–Crippen MR) is 78.5 cm³/mol. The molecule has 118 valence electrons. The van der Waals surface area contributed by atoms with Gasteiger partial charge >= 0.3 is 0 Å². The Balaban J connectivity index is 1.78. The molecule has 0 saturated carbocycles. The van der Waals surface area contributed by atoms with Gasteiger partial charge in [0.2, 0.25) is 5.22 Å². The molecule has 0 bridgehead atoms. The van der Waals surface area contributed by atoms with E-state index in [2.05, 4.69) is 10.3 Å². The number of halogens is 1. The maximum Gasteiger partial charge on any atom is 0.258 e. The molecule has 1 unspecified atom stereocenters. The molecule has 1 aliphatic heterocycles. The minimum atomic E-state index is -1.18. The summed E-state index contributed by atoms with van der Waals surface area (Å²) in [6, 6.07) is 1.69. The number of nitrogens with zero attached hydrogens (tertiary/aromatic N) is 4. The monoisotopic (exact) mass is 324 g/mol. The second-order valence-electron chi connectivity index (χ2n) is 5.79. The molecule has 1 atom stereocenters. The Kier molecular flexibility index (Phi) is 3.70. The van der Waals surface area contributed by atoms with E-state index in [1.54, 1.807) is 15.8 Å². The normalized spacial score (nSPS) is 21.8. The topological polar surface area (TPSA) is 84.4 Å². The smallest absolute Gasteiger partial charge is 0.258 e. The molecule has 1 saturated heterocycles. The quantitative estimate of drug-likeness (QED) is 0.931. The van der Waals surface area contributed by atoms with Crippen molar-refractivity contribution in [2.45, 2.75) is 31.9 Å². The zero-order valence-corrected chi connectivity index (χ0v) is 13.1. The van der Waals surface area contributed by atoms with Crippen LogP contribution in [0.5, 0.6) is 0 Å². The van der Waals surface area contributed by atoms with Crippen molar-refractivity contribution in [1.82, 2.24) is 19.9 Å². The molecule has 8 heteroatoms. The largest absolute Gasteiger partial charge is 0.452 e. The van der Waals surface area contributed by atoms with Gasteiger partial charge in [-0.15, -0.1) is 5.10 Å². The van der Waals surface area contributed by atoms with Gasteiger partial charge in [0.15, 0.2) is 0 Å². The van der Waals surface area contributed by atoms with Crippen molar-refractivity contribution in [2.24, 2.45) is 0 Å².